The Morgan fingerprint density at radius 2 is 1.27 bits per heavy atom. The Balaban J connectivity index is 0.00000264. The maximum absolute atomic E-state index is 6.33. The van der Waals surface area contributed by atoms with Gasteiger partial charge in [-0.05, 0) is 33.9 Å². The van der Waals surface area contributed by atoms with Crippen LogP contribution in [-0.4, -0.2) is 23.8 Å². The van der Waals surface area contributed by atoms with Crippen molar-refractivity contribution in [2.45, 2.75) is 26.2 Å². The molecule has 0 aliphatic rings. The molecule has 8 aromatic rings. The molecule has 0 aliphatic carbocycles. The second kappa shape index (κ2) is 8.87. The van der Waals surface area contributed by atoms with Crippen LogP contribution in [0.15, 0.2) is 85.7 Å². The number of hydrogen-bond donors (Lipinski definition) is 0. The normalized spacial score (nSPS) is 12.2. The number of aromatic nitrogens is 5. The van der Waals surface area contributed by atoms with Gasteiger partial charge in [0, 0.05) is 59.7 Å². The molecule has 0 fully saturated rings. The average molecular weight is 701 g/mol. The molecule has 40 heavy (non-hydrogen) atoms. The van der Waals surface area contributed by atoms with E-state index in [2.05, 4.69) is 80.9 Å². The van der Waals surface area contributed by atoms with Gasteiger partial charge in [-0.3, -0.25) is 15.0 Å². The molecular formula is C33H23N5OPt. The third-order valence-corrected chi connectivity index (χ3v) is 7.55. The molecule has 0 saturated heterocycles. The van der Waals surface area contributed by atoms with E-state index in [9.17, 15) is 0 Å². The van der Waals surface area contributed by atoms with Gasteiger partial charge >= 0.3 is 21.1 Å². The fourth-order valence-corrected chi connectivity index (χ4v) is 5.58. The van der Waals surface area contributed by atoms with Gasteiger partial charge in [-0.25, -0.2) is 0 Å². The van der Waals surface area contributed by atoms with Crippen LogP contribution in [0.25, 0.3) is 54.6 Å². The Morgan fingerprint density at radius 3 is 1.93 bits per heavy atom. The molecule has 0 spiro atoms. The van der Waals surface area contributed by atoms with E-state index < -0.39 is 0 Å². The second-order valence-corrected chi connectivity index (χ2v) is 10.9. The quantitative estimate of drug-likeness (QED) is 0.137. The number of benzene rings is 3. The smallest absolute Gasteiger partial charge is 0.497 e. The molecule has 0 bridgehead atoms. The predicted octanol–water partition coefficient (Wildman–Crippen LogP) is 7.68. The van der Waals surface area contributed by atoms with Crippen molar-refractivity contribution in [2.24, 2.45) is 0 Å². The predicted molar refractivity (Wildman–Crippen MR) is 155 cm³/mol. The molecule has 3 aromatic carbocycles. The molecule has 8 rings (SSSR count). The average Bonchev–Trinajstić information content (AvgIpc) is 3.63. The Morgan fingerprint density at radius 1 is 0.675 bits per heavy atom. The zero-order chi connectivity index (χ0) is 26.3. The van der Waals surface area contributed by atoms with Crippen LogP contribution in [-0.2, 0) is 26.5 Å². The van der Waals surface area contributed by atoms with Crippen molar-refractivity contribution in [3.63, 3.8) is 0 Å². The number of pyridine rings is 3. The molecule has 0 saturated carbocycles. The van der Waals surface area contributed by atoms with Crippen LogP contribution >= 0.6 is 0 Å². The van der Waals surface area contributed by atoms with Crippen molar-refractivity contribution in [1.82, 2.24) is 23.8 Å². The maximum atomic E-state index is 6.33. The standard InChI is InChI=1S/C33H23N5O.Pt/c1-33(2,3)20-4-7-25-23-8-5-21(17-26(23)32-36-13-15-38(32)30(25)16-20)39-22-6-9-24-27(18-22)31-35-12-14-37(31)29-10-11-34-19-28(24)29;/h4-16,19H,1-3H3;/q-2;+2. The van der Waals surface area contributed by atoms with E-state index in [1.807, 2.05) is 49.1 Å². The van der Waals surface area contributed by atoms with Gasteiger partial charge in [-0.1, -0.05) is 78.7 Å². The first-order valence-electron chi connectivity index (χ1n) is 12.9. The summed E-state index contributed by atoms with van der Waals surface area (Å²) in [6.45, 7) is 6.70. The topological polar surface area (TPSA) is 56.7 Å². The Hall–Kier alpha value is -4.28. The van der Waals surface area contributed by atoms with Crippen molar-refractivity contribution >= 4 is 54.6 Å². The van der Waals surface area contributed by atoms with Crippen LogP contribution in [0.5, 0.6) is 11.5 Å². The summed E-state index contributed by atoms with van der Waals surface area (Å²) in [5.41, 5.74) is 5.22. The minimum atomic E-state index is 0. The second-order valence-electron chi connectivity index (χ2n) is 10.9. The summed E-state index contributed by atoms with van der Waals surface area (Å²) >= 11 is 0. The van der Waals surface area contributed by atoms with Crippen LogP contribution in [0.2, 0.25) is 0 Å². The van der Waals surface area contributed by atoms with Crippen molar-refractivity contribution in [2.75, 3.05) is 0 Å². The van der Waals surface area contributed by atoms with E-state index in [-0.39, 0.29) is 26.5 Å². The summed E-state index contributed by atoms with van der Waals surface area (Å²) in [5, 5.41) is 6.13. The van der Waals surface area contributed by atoms with Crippen molar-refractivity contribution in [1.29, 1.82) is 0 Å². The van der Waals surface area contributed by atoms with Crippen LogP contribution in [0.3, 0.4) is 0 Å². The van der Waals surface area contributed by atoms with Gasteiger partial charge in [0.25, 0.3) is 0 Å². The Kier molecular flexibility index (Phi) is 5.48. The van der Waals surface area contributed by atoms with Gasteiger partial charge in [-0.2, -0.15) is 0 Å². The molecular weight excluding hydrogens is 677 g/mol. The van der Waals surface area contributed by atoms with Gasteiger partial charge in [-0.15, -0.1) is 12.1 Å². The zero-order valence-corrected chi connectivity index (χ0v) is 24.3. The minimum absolute atomic E-state index is 0. The molecule has 0 radical (unpaired) electrons. The number of hydrogen-bond acceptors (Lipinski definition) is 4. The van der Waals surface area contributed by atoms with Gasteiger partial charge in [0.2, 0.25) is 0 Å². The summed E-state index contributed by atoms with van der Waals surface area (Å²) in [6.07, 6.45) is 11.3. The first kappa shape index (κ1) is 24.7. The largest absolute Gasteiger partial charge is 2.00 e. The number of ether oxygens (including phenoxy) is 1. The summed E-state index contributed by atoms with van der Waals surface area (Å²) in [6, 6.07) is 23.7. The third-order valence-electron chi connectivity index (χ3n) is 7.55. The van der Waals surface area contributed by atoms with Crippen molar-refractivity contribution in [3.05, 3.63) is 103 Å². The molecule has 0 amide bonds. The maximum Gasteiger partial charge on any atom is 2.00 e. The van der Waals surface area contributed by atoms with Gasteiger partial charge in [0.15, 0.2) is 0 Å². The monoisotopic (exact) mass is 700 g/mol. The fourth-order valence-electron chi connectivity index (χ4n) is 5.58. The zero-order valence-electron chi connectivity index (χ0n) is 22.0. The summed E-state index contributed by atoms with van der Waals surface area (Å²) in [5.74, 6) is 1.21. The van der Waals surface area contributed by atoms with Crippen molar-refractivity contribution in [3.8, 4) is 11.5 Å². The van der Waals surface area contributed by atoms with E-state index >= 15 is 0 Å². The number of imidazole rings is 2. The van der Waals surface area contributed by atoms with E-state index in [0.717, 1.165) is 54.6 Å². The molecule has 6 nitrogen and oxygen atoms in total. The summed E-state index contributed by atoms with van der Waals surface area (Å²) < 4.78 is 10.5. The summed E-state index contributed by atoms with van der Waals surface area (Å²) in [4.78, 5) is 13.6. The van der Waals surface area contributed by atoms with E-state index in [4.69, 9.17) is 4.74 Å². The molecule has 0 atom stereocenters. The first-order valence-corrected chi connectivity index (χ1v) is 12.9. The molecule has 5 aromatic heterocycles. The molecule has 5 heterocycles. The summed E-state index contributed by atoms with van der Waals surface area (Å²) in [7, 11) is 0. The fraction of sp³-hybridized carbons (Fsp3) is 0.121. The minimum Gasteiger partial charge on any atom is -0.497 e. The number of fused-ring (bicyclic) bond motifs is 12. The Bertz CT molecular complexity index is 2260. The molecule has 0 aliphatic heterocycles. The van der Waals surface area contributed by atoms with Crippen LogP contribution in [0.4, 0.5) is 0 Å². The molecule has 0 unspecified atom stereocenters. The van der Waals surface area contributed by atoms with E-state index in [0.29, 0.717) is 11.5 Å². The van der Waals surface area contributed by atoms with Crippen LogP contribution in [0.1, 0.15) is 26.3 Å². The van der Waals surface area contributed by atoms with Gasteiger partial charge in [0.05, 0.1) is 11.3 Å². The number of nitrogens with zero attached hydrogens (tertiary/aromatic N) is 5. The molecule has 0 N–H and O–H groups in total. The molecule has 7 heteroatoms. The third kappa shape index (κ3) is 3.63. The SMILES string of the molecule is CC(C)(C)c1ccc2c3ccc(Oc4[c-]c5c(cc4)c4cnccc4n4ccnc54)[c-]c3c3nccn3c2c1.[Pt+2]. The van der Waals surface area contributed by atoms with Gasteiger partial charge in [0.1, 0.15) is 0 Å². The number of rotatable bonds is 2. The van der Waals surface area contributed by atoms with Crippen molar-refractivity contribution < 1.29 is 25.8 Å². The van der Waals surface area contributed by atoms with E-state index in [1.165, 1.54) is 5.56 Å². The van der Waals surface area contributed by atoms with Gasteiger partial charge < -0.3 is 13.5 Å². The first-order chi connectivity index (χ1) is 19.0. The molecule has 196 valence electrons. The Labute approximate surface area is 244 Å². The van der Waals surface area contributed by atoms with E-state index in [1.54, 1.807) is 12.4 Å². The van der Waals surface area contributed by atoms with Crippen LogP contribution in [0, 0.1) is 12.1 Å². The van der Waals surface area contributed by atoms with Crippen LogP contribution < -0.4 is 4.74 Å².